The van der Waals surface area contributed by atoms with Gasteiger partial charge in [-0.15, -0.1) is 24.0 Å². The van der Waals surface area contributed by atoms with Crippen molar-refractivity contribution in [3.63, 3.8) is 0 Å². The van der Waals surface area contributed by atoms with E-state index >= 15 is 0 Å². The topological polar surface area (TPSA) is 78.0 Å². The van der Waals surface area contributed by atoms with Crippen LogP contribution in [0.4, 0.5) is 0 Å². The quantitative estimate of drug-likeness (QED) is 0.294. The van der Waals surface area contributed by atoms with Gasteiger partial charge in [-0.3, -0.25) is 10.1 Å². The number of hydrogen-bond acceptors (Lipinski definition) is 3. The Morgan fingerprint density at radius 3 is 2.86 bits per heavy atom. The van der Waals surface area contributed by atoms with Gasteiger partial charge >= 0.3 is 0 Å². The number of aromatic amines is 1. The minimum atomic E-state index is 0. The molecule has 0 spiro atoms. The first-order valence-corrected chi connectivity index (χ1v) is 7.22. The highest BCUT2D eigenvalue weighted by atomic mass is 127. The lowest BCUT2D eigenvalue weighted by Gasteiger charge is -2.12. The average Bonchev–Trinajstić information content (AvgIpc) is 3.05. The maximum absolute atomic E-state index is 4.21. The molecule has 7 heteroatoms. The van der Waals surface area contributed by atoms with Crippen molar-refractivity contribution in [1.82, 2.24) is 25.8 Å². The first-order chi connectivity index (χ1) is 10.3. The Hall–Kier alpha value is -1.64. The fraction of sp³-hybridized carbons (Fsp3) is 0.400. The highest BCUT2D eigenvalue weighted by molar-refractivity contribution is 14.0. The SMILES string of the molecule is CCCCNC(=NC)NCc1cccc(-c2ncn[nH]2)c1.I. The number of guanidine groups is 1. The molecule has 0 aliphatic rings. The van der Waals surface area contributed by atoms with E-state index in [2.05, 4.69) is 49.9 Å². The maximum Gasteiger partial charge on any atom is 0.191 e. The van der Waals surface area contributed by atoms with Gasteiger partial charge in [-0.25, -0.2) is 4.98 Å². The van der Waals surface area contributed by atoms with Gasteiger partial charge in [0.15, 0.2) is 11.8 Å². The van der Waals surface area contributed by atoms with E-state index in [1.165, 1.54) is 18.3 Å². The van der Waals surface area contributed by atoms with Crippen molar-refractivity contribution < 1.29 is 0 Å². The van der Waals surface area contributed by atoms with Crippen LogP contribution in [0.1, 0.15) is 25.3 Å². The smallest absolute Gasteiger partial charge is 0.191 e. The van der Waals surface area contributed by atoms with E-state index in [-0.39, 0.29) is 24.0 Å². The van der Waals surface area contributed by atoms with Crippen molar-refractivity contribution in [2.45, 2.75) is 26.3 Å². The van der Waals surface area contributed by atoms with Crippen LogP contribution in [-0.4, -0.2) is 34.7 Å². The van der Waals surface area contributed by atoms with Crippen LogP contribution >= 0.6 is 24.0 Å². The van der Waals surface area contributed by atoms with Gasteiger partial charge in [0, 0.05) is 25.7 Å². The summed E-state index contributed by atoms with van der Waals surface area (Å²) in [4.78, 5) is 8.38. The molecule has 0 bridgehead atoms. The number of benzene rings is 1. The second kappa shape index (κ2) is 10.1. The molecule has 0 aliphatic heterocycles. The van der Waals surface area contributed by atoms with Crippen LogP contribution in [-0.2, 0) is 6.54 Å². The number of halogens is 1. The highest BCUT2D eigenvalue weighted by Gasteiger charge is 2.02. The summed E-state index contributed by atoms with van der Waals surface area (Å²) >= 11 is 0. The van der Waals surface area contributed by atoms with Crippen molar-refractivity contribution in [2.75, 3.05) is 13.6 Å². The molecular formula is C15H23IN6. The third-order valence-electron chi connectivity index (χ3n) is 3.12. The van der Waals surface area contributed by atoms with E-state index in [1.54, 1.807) is 7.05 Å². The van der Waals surface area contributed by atoms with Crippen LogP contribution in [0.2, 0.25) is 0 Å². The second-order valence-electron chi connectivity index (χ2n) is 4.74. The summed E-state index contributed by atoms with van der Waals surface area (Å²) in [5, 5.41) is 13.4. The summed E-state index contributed by atoms with van der Waals surface area (Å²) in [6.07, 6.45) is 3.82. The van der Waals surface area contributed by atoms with E-state index in [0.29, 0.717) is 6.54 Å². The van der Waals surface area contributed by atoms with Crippen molar-refractivity contribution in [1.29, 1.82) is 0 Å². The molecule has 2 rings (SSSR count). The van der Waals surface area contributed by atoms with E-state index in [9.17, 15) is 0 Å². The number of hydrogen-bond donors (Lipinski definition) is 3. The zero-order valence-corrected chi connectivity index (χ0v) is 15.3. The number of nitrogens with zero attached hydrogens (tertiary/aromatic N) is 3. The summed E-state index contributed by atoms with van der Waals surface area (Å²) in [7, 11) is 1.78. The number of unbranched alkanes of at least 4 members (excludes halogenated alkanes) is 1. The molecule has 0 unspecified atom stereocenters. The van der Waals surface area contributed by atoms with Crippen LogP contribution in [0, 0.1) is 0 Å². The molecule has 0 amide bonds. The molecule has 0 aliphatic carbocycles. The molecule has 0 radical (unpaired) electrons. The molecule has 0 atom stereocenters. The fourth-order valence-corrected chi connectivity index (χ4v) is 1.96. The Kier molecular flexibility index (Phi) is 8.49. The molecule has 0 fully saturated rings. The predicted octanol–water partition coefficient (Wildman–Crippen LogP) is 2.55. The van der Waals surface area contributed by atoms with Crippen molar-refractivity contribution in [3.05, 3.63) is 36.2 Å². The Bertz CT molecular complexity index is 567. The molecule has 0 saturated heterocycles. The fourth-order valence-electron chi connectivity index (χ4n) is 1.96. The zero-order chi connectivity index (χ0) is 14.9. The number of aromatic nitrogens is 3. The Morgan fingerprint density at radius 2 is 2.18 bits per heavy atom. The van der Waals surface area contributed by atoms with Gasteiger partial charge in [0.1, 0.15) is 6.33 Å². The van der Waals surface area contributed by atoms with E-state index in [4.69, 9.17) is 0 Å². The number of H-pyrrole nitrogens is 1. The molecule has 0 saturated carbocycles. The Labute approximate surface area is 148 Å². The lowest BCUT2D eigenvalue weighted by atomic mass is 10.1. The highest BCUT2D eigenvalue weighted by Crippen LogP contribution is 2.15. The summed E-state index contributed by atoms with van der Waals surface area (Å²) in [6, 6.07) is 8.19. The van der Waals surface area contributed by atoms with Crippen molar-refractivity contribution in [2.24, 2.45) is 4.99 Å². The standard InChI is InChI=1S/C15H22N6.HI/c1-3-4-8-17-15(16-2)18-10-12-6-5-7-13(9-12)14-19-11-20-21-14;/h5-7,9,11H,3-4,8,10H2,1-2H3,(H2,16,17,18)(H,19,20,21);1H. The van der Waals surface area contributed by atoms with Gasteiger partial charge in [-0.1, -0.05) is 31.5 Å². The second-order valence-corrected chi connectivity index (χ2v) is 4.74. The third kappa shape index (κ3) is 5.63. The van der Waals surface area contributed by atoms with Crippen LogP contribution in [0.15, 0.2) is 35.6 Å². The first-order valence-electron chi connectivity index (χ1n) is 7.22. The lowest BCUT2D eigenvalue weighted by Crippen LogP contribution is -2.37. The molecule has 1 aromatic heterocycles. The monoisotopic (exact) mass is 414 g/mol. The normalized spacial score (nSPS) is 10.9. The van der Waals surface area contributed by atoms with Gasteiger partial charge in [0.25, 0.3) is 0 Å². The van der Waals surface area contributed by atoms with Crippen LogP contribution in [0.3, 0.4) is 0 Å². The van der Waals surface area contributed by atoms with E-state index in [0.717, 1.165) is 30.3 Å². The number of rotatable bonds is 6. The first kappa shape index (κ1) is 18.4. The number of aliphatic imine (C=N–C) groups is 1. The zero-order valence-electron chi connectivity index (χ0n) is 13.0. The van der Waals surface area contributed by atoms with Crippen LogP contribution in [0.5, 0.6) is 0 Å². The number of nitrogens with one attached hydrogen (secondary N) is 3. The largest absolute Gasteiger partial charge is 0.356 e. The van der Waals surface area contributed by atoms with Crippen molar-refractivity contribution in [3.8, 4) is 11.4 Å². The summed E-state index contributed by atoms with van der Waals surface area (Å²) in [6.45, 7) is 3.83. The van der Waals surface area contributed by atoms with E-state index in [1.807, 2.05) is 12.1 Å². The summed E-state index contributed by atoms with van der Waals surface area (Å²) in [5.41, 5.74) is 2.20. The molecule has 1 heterocycles. The predicted molar refractivity (Wildman–Crippen MR) is 100 cm³/mol. The molecule has 22 heavy (non-hydrogen) atoms. The van der Waals surface area contributed by atoms with Crippen LogP contribution < -0.4 is 10.6 Å². The van der Waals surface area contributed by atoms with Gasteiger partial charge in [0.2, 0.25) is 0 Å². The minimum Gasteiger partial charge on any atom is -0.356 e. The molecule has 6 nitrogen and oxygen atoms in total. The molecule has 3 N–H and O–H groups in total. The molecular weight excluding hydrogens is 391 g/mol. The average molecular weight is 414 g/mol. The van der Waals surface area contributed by atoms with Crippen LogP contribution in [0.25, 0.3) is 11.4 Å². The summed E-state index contributed by atoms with van der Waals surface area (Å²) in [5.74, 6) is 1.61. The minimum absolute atomic E-state index is 0. The lowest BCUT2D eigenvalue weighted by molar-refractivity contribution is 0.729. The maximum atomic E-state index is 4.21. The summed E-state index contributed by atoms with van der Waals surface area (Å²) < 4.78 is 0. The van der Waals surface area contributed by atoms with Crippen molar-refractivity contribution >= 4 is 29.9 Å². The Balaban J connectivity index is 0.00000242. The van der Waals surface area contributed by atoms with Gasteiger partial charge in [-0.05, 0) is 18.1 Å². The van der Waals surface area contributed by atoms with E-state index < -0.39 is 0 Å². The van der Waals surface area contributed by atoms with Gasteiger partial charge in [-0.2, -0.15) is 5.10 Å². The van der Waals surface area contributed by atoms with Gasteiger partial charge in [0.05, 0.1) is 0 Å². The molecule has 1 aromatic carbocycles. The third-order valence-corrected chi connectivity index (χ3v) is 3.12. The molecule has 120 valence electrons. The molecule has 2 aromatic rings. The van der Waals surface area contributed by atoms with Gasteiger partial charge < -0.3 is 10.6 Å². The Morgan fingerprint density at radius 1 is 1.32 bits per heavy atom.